The Hall–Kier alpha value is -4.00. The van der Waals surface area contributed by atoms with Gasteiger partial charge in [0.2, 0.25) is 0 Å². The predicted molar refractivity (Wildman–Crippen MR) is 146 cm³/mol. The molecule has 5 rings (SSSR count). The van der Waals surface area contributed by atoms with Crippen molar-refractivity contribution in [2.75, 3.05) is 11.9 Å². The highest BCUT2D eigenvalue weighted by molar-refractivity contribution is 7.90. The van der Waals surface area contributed by atoms with Gasteiger partial charge >= 0.3 is 0 Å². The van der Waals surface area contributed by atoms with Gasteiger partial charge in [0, 0.05) is 10.8 Å². The Kier molecular flexibility index (Phi) is 6.78. The molecule has 2 aromatic heterocycles. The van der Waals surface area contributed by atoms with Crippen LogP contribution in [0.1, 0.15) is 34.8 Å². The number of amides is 1. The van der Waals surface area contributed by atoms with Crippen LogP contribution in [0.3, 0.4) is 0 Å². The number of anilines is 1. The predicted octanol–water partition coefficient (Wildman–Crippen LogP) is 2.88. The van der Waals surface area contributed by atoms with Gasteiger partial charge in [-0.15, -0.1) is 15.7 Å². The number of aromatic hydroxyl groups is 1. The molecule has 0 aliphatic carbocycles. The zero-order chi connectivity index (χ0) is 27.0. The Labute approximate surface area is 222 Å². The van der Waals surface area contributed by atoms with Crippen molar-refractivity contribution in [3.05, 3.63) is 87.0 Å². The third-order valence-corrected chi connectivity index (χ3v) is 8.69. The van der Waals surface area contributed by atoms with Gasteiger partial charge in [0.1, 0.15) is 21.2 Å². The number of aliphatic hydroxyl groups is 1. The van der Waals surface area contributed by atoms with Crippen molar-refractivity contribution in [2.45, 2.75) is 30.8 Å². The van der Waals surface area contributed by atoms with Crippen molar-refractivity contribution in [1.29, 1.82) is 0 Å². The summed E-state index contributed by atoms with van der Waals surface area (Å²) >= 11 is 0.961. The summed E-state index contributed by atoms with van der Waals surface area (Å²) in [6, 6.07) is 15.5. The van der Waals surface area contributed by atoms with Gasteiger partial charge in [0.15, 0.2) is 5.84 Å². The Morgan fingerprint density at radius 1 is 1.16 bits per heavy atom. The molecule has 3 heterocycles. The van der Waals surface area contributed by atoms with Crippen LogP contribution in [0, 0.1) is 0 Å². The topological polar surface area (TPSA) is 150 Å². The van der Waals surface area contributed by atoms with Crippen LogP contribution >= 0.6 is 11.3 Å². The van der Waals surface area contributed by atoms with Crippen LogP contribution in [-0.2, 0) is 16.6 Å². The number of rotatable bonds is 7. The number of carbonyl (C=O) groups is 1. The summed E-state index contributed by atoms with van der Waals surface area (Å²) in [4.78, 5) is 26.2. The first-order valence-electron chi connectivity index (χ1n) is 11.8. The summed E-state index contributed by atoms with van der Waals surface area (Å²) in [7, 11) is -4.43. The van der Waals surface area contributed by atoms with E-state index in [-0.39, 0.29) is 40.0 Å². The number of aromatic nitrogens is 1. The van der Waals surface area contributed by atoms with Crippen LogP contribution < -0.4 is 16.2 Å². The van der Waals surface area contributed by atoms with E-state index in [0.29, 0.717) is 17.3 Å². The molecule has 196 valence electrons. The van der Waals surface area contributed by atoms with Gasteiger partial charge in [-0.3, -0.25) is 9.59 Å². The minimum Gasteiger partial charge on any atom is -0.506 e. The summed E-state index contributed by atoms with van der Waals surface area (Å²) < 4.78 is 31.9. The minimum atomic E-state index is -4.43. The van der Waals surface area contributed by atoms with Crippen LogP contribution in [0.15, 0.2) is 74.1 Å². The van der Waals surface area contributed by atoms with Crippen molar-refractivity contribution in [1.82, 2.24) is 9.88 Å². The lowest BCUT2D eigenvalue weighted by molar-refractivity contribution is 0.0912. The monoisotopic (exact) mass is 552 g/mol. The molecule has 0 spiro atoms. The summed E-state index contributed by atoms with van der Waals surface area (Å²) in [5.74, 6) is -1.39. The van der Waals surface area contributed by atoms with Gasteiger partial charge in [-0.25, -0.2) is 0 Å². The standard InChI is InChI=1S/C26H24N4O6S2/c1-2-16(13-31)27-24(33)18-14-37-25-22(18)38(35,36)29-23(28-25)20-21(32)17-10-6-7-11-19(17)30(26(20)34)12-15-8-4-3-5-9-15/h3-11,14,16,31-32H,2,12-13H2,1H3,(H,27,33)(H,28,29)/t16-/m0/s1. The normalized spacial score (nSPS) is 14.8. The number of nitrogens with one attached hydrogen (secondary N) is 2. The van der Waals surface area contributed by atoms with Crippen LogP contribution in [-0.4, -0.2) is 47.6 Å². The van der Waals surface area contributed by atoms with E-state index in [9.17, 15) is 28.2 Å². The number of benzene rings is 2. The number of sulfonamides is 1. The molecule has 0 unspecified atom stereocenters. The van der Waals surface area contributed by atoms with Crippen LogP contribution in [0.25, 0.3) is 10.9 Å². The second kappa shape index (κ2) is 10.0. The maximum atomic E-state index is 13.7. The first kappa shape index (κ1) is 25.6. The number of para-hydroxylation sites is 1. The summed E-state index contributed by atoms with van der Waals surface area (Å²) in [6.45, 7) is 1.67. The fraction of sp³-hybridized carbons (Fsp3) is 0.192. The Balaban J connectivity index is 1.63. The molecule has 0 bridgehead atoms. The van der Waals surface area contributed by atoms with E-state index in [4.69, 9.17) is 0 Å². The zero-order valence-corrected chi connectivity index (χ0v) is 21.8. The van der Waals surface area contributed by atoms with Gasteiger partial charge < -0.3 is 25.4 Å². The fourth-order valence-electron chi connectivity index (χ4n) is 4.32. The molecule has 1 amide bonds. The number of hydrogen-bond acceptors (Lipinski definition) is 8. The van der Waals surface area contributed by atoms with Crippen molar-refractivity contribution in [3.8, 4) is 5.75 Å². The molecule has 0 radical (unpaired) electrons. The molecule has 0 saturated carbocycles. The molecular formula is C26H24N4O6S2. The van der Waals surface area contributed by atoms with Gasteiger partial charge in [0.25, 0.3) is 21.5 Å². The molecule has 38 heavy (non-hydrogen) atoms. The van der Waals surface area contributed by atoms with Gasteiger partial charge in [-0.05, 0) is 24.1 Å². The lowest BCUT2D eigenvalue weighted by atomic mass is 10.1. The molecule has 10 nitrogen and oxygen atoms in total. The Bertz CT molecular complexity index is 1740. The highest BCUT2D eigenvalue weighted by Gasteiger charge is 2.35. The zero-order valence-electron chi connectivity index (χ0n) is 20.2. The molecule has 0 saturated heterocycles. The summed E-state index contributed by atoms with van der Waals surface area (Å²) in [6.07, 6.45) is 0.457. The third-order valence-electron chi connectivity index (χ3n) is 6.31. The quantitative estimate of drug-likeness (QED) is 0.275. The molecule has 0 fully saturated rings. The summed E-state index contributed by atoms with van der Waals surface area (Å²) in [5, 5.41) is 27.8. The second-order valence-electron chi connectivity index (χ2n) is 8.73. The second-order valence-corrected chi connectivity index (χ2v) is 11.1. The van der Waals surface area contributed by atoms with E-state index in [0.717, 1.165) is 16.9 Å². The highest BCUT2D eigenvalue weighted by atomic mass is 32.2. The van der Waals surface area contributed by atoms with Crippen molar-refractivity contribution in [3.63, 3.8) is 0 Å². The van der Waals surface area contributed by atoms with Crippen molar-refractivity contribution in [2.24, 2.45) is 4.40 Å². The molecule has 2 aromatic carbocycles. The van der Waals surface area contributed by atoms with Crippen molar-refractivity contribution < 1.29 is 23.4 Å². The number of nitrogens with zero attached hydrogens (tertiary/aromatic N) is 2. The molecular weight excluding hydrogens is 528 g/mol. The molecule has 1 aliphatic heterocycles. The average molecular weight is 553 g/mol. The maximum Gasteiger partial charge on any atom is 0.288 e. The fourth-order valence-corrected chi connectivity index (χ4v) is 6.87. The molecule has 4 N–H and O–H groups in total. The van der Waals surface area contributed by atoms with E-state index in [1.54, 1.807) is 31.2 Å². The summed E-state index contributed by atoms with van der Waals surface area (Å²) in [5.41, 5.74) is 0.285. The molecule has 4 aromatic rings. The number of pyridine rings is 1. The van der Waals surface area contributed by atoms with E-state index in [1.165, 1.54) is 9.95 Å². The lowest BCUT2D eigenvalue weighted by Gasteiger charge is -2.20. The largest absolute Gasteiger partial charge is 0.506 e. The number of aliphatic hydroxyl groups excluding tert-OH is 1. The molecule has 1 aliphatic rings. The van der Waals surface area contributed by atoms with E-state index in [2.05, 4.69) is 15.0 Å². The van der Waals surface area contributed by atoms with E-state index in [1.807, 2.05) is 30.3 Å². The first-order valence-corrected chi connectivity index (χ1v) is 14.1. The smallest absolute Gasteiger partial charge is 0.288 e. The number of amidine groups is 1. The van der Waals surface area contributed by atoms with Gasteiger partial charge in [0.05, 0.1) is 30.3 Å². The minimum absolute atomic E-state index is 0.0961. The third kappa shape index (κ3) is 4.46. The van der Waals surface area contributed by atoms with Crippen LogP contribution in [0.5, 0.6) is 5.75 Å². The van der Waals surface area contributed by atoms with Crippen LogP contribution in [0.2, 0.25) is 0 Å². The van der Waals surface area contributed by atoms with Gasteiger partial charge in [-0.1, -0.05) is 49.4 Å². The Morgan fingerprint density at radius 2 is 1.87 bits per heavy atom. The number of hydrogen-bond donors (Lipinski definition) is 4. The number of thiophene rings is 1. The van der Waals surface area contributed by atoms with E-state index >= 15 is 0 Å². The molecule has 1 atom stereocenters. The van der Waals surface area contributed by atoms with Crippen LogP contribution in [0.4, 0.5) is 5.00 Å². The average Bonchev–Trinajstić information content (AvgIpc) is 3.35. The number of carbonyl (C=O) groups excluding carboxylic acids is 1. The lowest BCUT2D eigenvalue weighted by Crippen LogP contribution is -2.37. The maximum absolute atomic E-state index is 13.7. The molecule has 12 heteroatoms. The Morgan fingerprint density at radius 3 is 2.58 bits per heavy atom. The first-order chi connectivity index (χ1) is 18.2. The van der Waals surface area contributed by atoms with E-state index < -0.39 is 33.3 Å². The van der Waals surface area contributed by atoms with Crippen molar-refractivity contribution >= 4 is 49.0 Å². The number of fused-ring (bicyclic) bond motifs is 2. The van der Waals surface area contributed by atoms with Gasteiger partial charge in [-0.2, -0.15) is 8.42 Å². The highest BCUT2D eigenvalue weighted by Crippen LogP contribution is 2.38. The SMILES string of the molecule is CC[C@@H](CO)NC(=O)c1csc2c1S(=O)(=O)N=C(c1c(O)c3ccccc3n(Cc3ccccc3)c1=O)N2.